The highest BCUT2D eigenvalue weighted by atomic mass is 79.9. The highest BCUT2D eigenvalue weighted by Gasteiger charge is 2.44. The summed E-state index contributed by atoms with van der Waals surface area (Å²) in [7, 11) is 0. The third-order valence-corrected chi connectivity index (χ3v) is 6.29. The Hall–Kier alpha value is -2.14. The summed E-state index contributed by atoms with van der Waals surface area (Å²) in [6.07, 6.45) is 1.47. The van der Waals surface area contributed by atoms with Gasteiger partial charge in [-0.15, -0.1) is 0 Å². The zero-order chi connectivity index (χ0) is 21.6. The summed E-state index contributed by atoms with van der Waals surface area (Å²) in [5.74, 6) is -4.10. The number of fused-ring (bicyclic) bond motifs is 3. The predicted molar refractivity (Wildman–Crippen MR) is 106 cm³/mol. The zero-order valence-electron chi connectivity index (χ0n) is 16.2. The second-order valence-corrected chi connectivity index (χ2v) is 8.57. The number of carbonyl (C=O) groups excluding carboxylic acids is 1. The number of nitrogens with zero attached hydrogens (tertiary/aromatic N) is 4. The van der Waals surface area contributed by atoms with Crippen molar-refractivity contribution in [3.8, 4) is 0 Å². The molecule has 11 heteroatoms. The number of pyridine rings is 1. The number of aliphatic hydroxyl groups is 1. The molecule has 0 saturated heterocycles. The van der Waals surface area contributed by atoms with Crippen molar-refractivity contribution in [2.75, 3.05) is 11.9 Å². The minimum atomic E-state index is -3.10. The molecule has 2 aromatic heterocycles. The molecule has 2 aliphatic heterocycles. The van der Waals surface area contributed by atoms with Gasteiger partial charge in [0.1, 0.15) is 10.3 Å². The Kier molecular flexibility index (Phi) is 5.52. The molecule has 2 N–H and O–H groups in total. The Bertz CT molecular complexity index is 983. The number of urea groups is 1. The first-order valence-electron chi connectivity index (χ1n) is 9.66. The molecule has 0 aromatic carbocycles. The van der Waals surface area contributed by atoms with E-state index in [9.17, 15) is 23.1 Å². The predicted octanol–water partition coefficient (Wildman–Crippen LogP) is 3.65. The van der Waals surface area contributed by atoms with E-state index < -0.39 is 17.8 Å². The summed E-state index contributed by atoms with van der Waals surface area (Å²) in [5.41, 5.74) is 0.640. The van der Waals surface area contributed by atoms with E-state index in [1.165, 1.54) is 21.8 Å². The number of amides is 2. The van der Waals surface area contributed by atoms with Crippen molar-refractivity contribution in [2.45, 2.75) is 51.2 Å². The monoisotopic (exact) mass is 487 g/mol. The number of aromatic nitrogens is 3. The molecule has 2 atom stereocenters. The molecule has 4 rings (SSSR count). The maximum absolute atomic E-state index is 14.9. The number of anilines is 1. The number of hydrogen-bond donors (Lipinski definition) is 2. The average Bonchev–Trinajstić information content (AvgIpc) is 2.99. The molecule has 0 spiro atoms. The van der Waals surface area contributed by atoms with E-state index in [4.69, 9.17) is 0 Å². The van der Waals surface area contributed by atoms with Gasteiger partial charge in [0.05, 0.1) is 17.9 Å². The third-order valence-electron chi connectivity index (χ3n) is 5.73. The summed E-state index contributed by atoms with van der Waals surface area (Å²) in [5, 5.41) is 16.4. The van der Waals surface area contributed by atoms with E-state index >= 15 is 0 Å². The molecule has 0 bridgehead atoms. The Labute approximate surface area is 179 Å². The quantitative estimate of drug-likeness (QED) is 0.633. The average molecular weight is 488 g/mol. The highest BCUT2D eigenvalue weighted by molar-refractivity contribution is 9.10. The van der Waals surface area contributed by atoms with Gasteiger partial charge in [0, 0.05) is 49.7 Å². The van der Waals surface area contributed by atoms with Crippen LogP contribution < -0.4 is 5.32 Å². The van der Waals surface area contributed by atoms with Gasteiger partial charge < -0.3 is 15.3 Å². The maximum atomic E-state index is 14.9. The topological polar surface area (TPSA) is 83.3 Å². The Balaban J connectivity index is 1.64. The van der Waals surface area contributed by atoms with E-state index in [1.54, 1.807) is 6.92 Å². The van der Waals surface area contributed by atoms with Crippen LogP contribution in [0.2, 0.25) is 0 Å². The molecule has 0 unspecified atom stereocenters. The van der Waals surface area contributed by atoms with Gasteiger partial charge in [-0.3, -0.25) is 4.68 Å². The molecule has 2 aliphatic rings. The molecule has 30 heavy (non-hydrogen) atoms. The van der Waals surface area contributed by atoms with Crippen LogP contribution in [0, 0.1) is 11.7 Å². The van der Waals surface area contributed by atoms with Crippen LogP contribution in [0.4, 0.5) is 23.7 Å². The molecule has 4 heterocycles. The molecule has 0 saturated carbocycles. The lowest BCUT2D eigenvalue weighted by Crippen LogP contribution is -2.45. The summed E-state index contributed by atoms with van der Waals surface area (Å²) in [4.78, 5) is 18.0. The number of hydrogen-bond acceptors (Lipinski definition) is 4. The fourth-order valence-corrected chi connectivity index (χ4v) is 4.43. The van der Waals surface area contributed by atoms with Gasteiger partial charge in [0.25, 0.3) is 5.92 Å². The fourth-order valence-electron chi connectivity index (χ4n) is 4.10. The number of nitrogens with one attached hydrogen (secondary N) is 1. The third kappa shape index (κ3) is 3.68. The minimum Gasteiger partial charge on any atom is -0.396 e. The Morgan fingerprint density at radius 3 is 2.97 bits per heavy atom. The number of aliphatic hydroxyl groups excluding tert-OH is 1. The van der Waals surface area contributed by atoms with Crippen molar-refractivity contribution in [3.63, 3.8) is 0 Å². The maximum Gasteiger partial charge on any atom is 0.322 e. The van der Waals surface area contributed by atoms with Crippen LogP contribution in [0.25, 0.3) is 0 Å². The minimum absolute atomic E-state index is 0.0330. The Morgan fingerprint density at radius 1 is 1.47 bits per heavy atom. The molecule has 0 radical (unpaired) electrons. The molecule has 2 amide bonds. The Morgan fingerprint density at radius 2 is 2.23 bits per heavy atom. The molecule has 7 nitrogen and oxygen atoms in total. The summed E-state index contributed by atoms with van der Waals surface area (Å²) in [6.45, 7) is 1.77. The zero-order valence-corrected chi connectivity index (χ0v) is 17.8. The summed E-state index contributed by atoms with van der Waals surface area (Å²) < 4.78 is 45.3. The van der Waals surface area contributed by atoms with Crippen molar-refractivity contribution in [1.29, 1.82) is 0 Å². The molecule has 0 fully saturated rings. The molecule has 0 aliphatic carbocycles. The lowest BCUT2D eigenvalue weighted by molar-refractivity contribution is -0.0227. The SMILES string of the molecule is C[C@@H]1Cc2nn3c(c2CN1C(=O)Nc1ccnc(Br)c1F)C(F)(F)CC[C@@H](CO)C3. The second-order valence-electron chi connectivity index (χ2n) is 7.82. The smallest absolute Gasteiger partial charge is 0.322 e. The van der Waals surface area contributed by atoms with Crippen LogP contribution in [0.1, 0.15) is 36.7 Å². The van der Waals surface area contributed by atoms with Crippen molar-refractivity contribution in [1.82, 2.24) is 19.7 Å². The van der Waals surface area contributed by atoms with Crippen molar-refractivity contribution >= 4 is 27.6 Å². The van der Waals surface area contributed by atoms with Crippen molar-refractivity contribution < 1.29 is 23.1 Å². The summed E-state index contributed by atoms with van der Waals surface area (Å²) >= 11 is 2.97. The van der Waals surface area contributed by atoms with Crippen LogP contribution in [0.5, 0.6) is 0 Å². The van der Waals surface area contributed by atoms with Crippen LogP contribution in [-0.4, -0.2) is 43.5 Å². The highest BCUT2D eigenvalue weighted by Crippen LogP contribution is 2.42. The second kappa shape index (κ2) is 7.84. The van der Waals surface area contributed by atoms with Crippen LogP contribution in [0.15, 0.2) is 16.9 Å². The van der Waals surface area contributed by atoms with Gasteiger partial charge in [0.15, 0.2) is 5.82 Å². The van der Waals surface area contributed by atoms with E-state index in [1.807, 2.05) is 0 Å². The molecule has 2 aromatic rings. The van der Waals surface area contributed by atoms with Gasteiger partial charge >= 0.3 is 6.03 Å². The van der Waals surface area contributed by atoms with E-state index in [2.05, 4.69) is 31.3 Å². The first-order chi connectivity index (χ1) is 14.2. The van der Waals surface area contributed by atoms with Gasteiger partial charge in [-0.1, -0.05) is 0 Å². The number of halogens is 4. The number of rotatable bonds is 2. The largest absolute Gasteiger partial charge is 0.396 e. The van der Waals surface area contributed by atoms with E-state index in [0.717, 1.165) is 0 Å². The van der Waals surface area contributed by atoms with Crippen LogP contribution in [-0.2, 0) is 25.4 Å². The van der Waals surface area contributed by atoms with Crippen LogP contribution >= 0.6 is 15.9 Å². The molecular weight excluding hydrogens is 467 g/mol. The molecular formula is C19H21BrF3N5O2. The van der Waals surface area contributed by atoms with Gasteiger partial charge in [-0.05, 0) is 35.3 Å². The lowest BCUT2D eigenvalue weighted by Gasteiger charge is -2.33. The summed E-state index contributed by atoms with van der Waals surface area (Å²) in [6, 6.07) is 0.426. The number of carbonyl (C=O) groups is 1. The lowest BCUT2D eigenvalue weighted by atomic mass is 9.96. The van der Waals surface area contributed by atoms with Gasteiger partial charge in [-0.25, -0.2) is 14.2 Å². The van der Waals surface area contributed by atoms with Crippen molar-refractivity contribution in [2.24, 2.45) is 5.92 Å². The fraction of sp³-hybridized carbons (Fsp3) is 0.526. The normalized spacial score (nSPS) is 22.8. The molecule has 162 valence electrons. The first-order valence-corrected chi connectivity index (χ1v) is 10.5. The number of alkyl halides is 2. The van der Waals surface area contributed by atoms with Gasteiger partial charge in [0.2, 0.25) is 0 Å². The van der Waals surface area contributed by atoms with E-state index in [-0.39, 0.29) is 60.5 Å². The first kappa shape index (κ1) is 21.1. The van der Waals surface area contributed by atoms with Gasteiger partial charge in [-0.2, -0.15) is 13.9 Å². The van der Waals surface area contributed by atoms with Crippen LogP contribution in [0.3, 0.4) is 0 Å². The van der Waals surface area contributed by atoms with E-state index in [0.29, 0.717) is 17.7 Å². The standard InChI is InChI=1S/C19H21BrF3N5O2/c1-10-6-14-12(16-19(22,23)4-2-11(9-29)7-28(16)26-14)8-27(10)18(30)25-13-3-5-24-17(20)15(13)21/h3,5,10-11,29H,2,4,6-9H2,1H3,(H,24,25,30)/t10-,11-/m1/s1. The van der Waals surface area contributed by atoms with Crippen molar-refractivity contribution in [3.05, 3.63) is 39.6 Å².